The lowest BCUT2D eigenvalue weighted by Gasteiger charge is -2.20. The summed E-state index contributed by atoms with van der Waals surface area (Å²) < 4.78 is 22.7. The molecule has 6 heteroatoms. The lowest BCUT2D eigenvalue weighted by Crippen LogP contribution is -2.39. The van der Waals surface area contributed by atoms with Crippen molar-refractivity contribution in [1.82, 2.24) is 10.2 Å². The van der Waals surface area contributed by atoms with Crippen molar-refractivity contribution in [3.05, 3.63) is 29.8 Å². The Morgan fingerprint density at radius 2 is 1.90 bits per heavy atom. The fraction of sp³-hybridized carbons (Fsp3) is 0.533. The topological polar surface area (TPSA) is 66.5 Å². The standard InChI is InChI=1S/C15H22N2O3S/c1-3-17(13-6-7-13)15(18)11-16-10-12-4-8-14(9-5-12)21(2,19)20/h4-5,8-9,13,16H,3,6-7,10-11H2,1-2H3. The fourth-order valence-corrected chi connectivity index (χ4v) is 2.92. The van der Waals surface area contributed by atoms with Gasteiger partial charge < -0.3 is 10.2 Å². The van der Waals surface area contributed by atoms with Gasteiger partial charge in [0.2, 0.25) is 5.91 Å². The van der Waals surface area contributed by atoms with E-state index in [1.54, 1.807) is 24.3 Å². The second-order valence-electron chi connectivity index (χ2n) is 5.43. The second kappa shape index (κ2) is 6.58. The van der Waals surface area contributed by atoms with E-state index in [4.69, 9.17) is 0 Å². The normalized spacial score (nSPS) is 15.0. The van der Waals surface area contributed by atoms with Crippen LogP contribution in [-0.4, -0.2) is 44.6 Å². The van der Waals surface area contributed by atoms with Crippen LogP contribution in [0.25, 0.3) is 0 Å². The third-order valence-corrected chi connectivity index (χ3v) is 4.73. The van der Waals surface area contributed by atoms with Crippen LogP contribution in [0.4, 0.5) is 0 Å². The zero-order chi connectivity index (χ0) is 15.5. The summed E-state index contributed by atoms with van der Waals surface area (Å²) in [6, 6.07) is 7.17. The molecule has 0 aliphatic heterocycles. The first-order chi connectivity index (χ1) is 9.91. The molecule has 1 fully saturated rings. The highest BCUT2D eigenvalue weighted by atomic mass is 32.2. The van der Waals surface area contributed by atoms with Crippen molar-refractivity contribution >= 4 is 15.7 Å². The Labute approximate surface area is 126 Å². The van der Waals surface area contributed by atoms with Gasteiger partial charge in [-0.05, 0) is 37.5 Å². The molecule has 1 aliphatic rings. The van der Waals surface area contributed by atoms with E-state index in [9.17, 15) is 13.2 Å². The van der Waals surface area contributed by atoms with Gasteiger partial charge in [0.25, 0.3) is 0 Å². The molecule has 116 valence electrons. The van der Waals surface area contributed by atoms with Gasteiger partial charge in [0.1, 0.15) is 0 Å². The first-order valence-corrected chi connectivity index (χ1v) is 9.10. The minimum Gasteiger partial charge on any atom is -0.339 e. The number of nitrogens with one attached hydrogen (secondary N) is 1. The Morgan fingerprint density at radius 3 is 2.38 bits per heavy atom. The van der Waals surface area contributed by atoms with Crippen molar-refractivity contribution in [1.29, 1.82) is 0 Å². The number of nitrogens with zero attached hydrogens (tertiary/aromatic N) is 1. The van der Waals surface area contributed by atoms with Gasteiger partial charge in [-0.25, -0.2) is 8.42 Å². The van der Waals surface area contributed by atoms with Crippen molar-refractivity contribution in [2.45, 2.75) is 37.2 Å². The number of benzene rings is 1. The van der Waals surface area contributed by atoms with Crippen molar-refractivity contribution < 1.29 is 13.2 Å². The highest BCUT2D eigenvalue weighted by molar-refractivity contribution is 7.90. The minimum atomic E-state index is -3.15. The van der Waals surface area contributed by atoms with Crippen LogP contribution >= 0.6 is 0 Å². The van der Waals surface area contributed by atoms with Crippen LogP contribution in [-0.2, 0) is 21.2 Å². The number of amides is 1. The largest absolute Gasteiger partial charge is 0.339 e. The molecular weight excluding hydrogens is 288 g/mol. The molecule has 2 rings (SSSR count). The lowest BCUT2D eigenvalue weighted by atomic mass is 10.2. The summed E-state index contributed by atoms with van der Waals surface area (Å²) >= 11 is 0. The van der Waals surface area contributed by atoms with Crippen LogP contribution in [0.5, 0.6) is 0 Å². The van der Waals surface area contributed by atoms with Crippen molar-refractivity contribution in [3.8, 4) is 0 Å². The molecule has 1 aliphatic carbocycles. The van der Waals surface area contributed by atoms with Crippen molar-refractivity contribution in [2.24, 2.45) is 0 Å². The van der Waals surface area contributed by atoms with E-state index in [2.05, 4.69) is 5.32 Å². The molecule has 0 aromatic heterocycles. The maximum Gasteiger partial charge on any atom is 0.236 e. The number of likely N-dealkylation sites (N-methyl/N-ethyl adjacent to an activating group) is 1. The van der Waals surface area contributed by atoms with E-state index in [0.717, 1.165) is 24.9 Å². The predicted octanol–water partition coefficient (Wildman–Crippen LogP) is 1.19. The van der Waals surface area contributed by atoms with Crippen LogP contribution in [0, 0.1) is 0 Å². The summed E-state index contributed by atoms with van der Waals surface area (Å²) in [6.07, 6.45) is 3.43. The molecule has 0 bridgehead atoms. The third-order valence-electron chi connectivity index (χ3n) is 3.61. The van der Waals surface area contributed by atoms with Crippen molar-refractivity contribution in [2.75, 3.05) is 19.3 Å². The van der Waals surface area contributed by atoms with Crippen LogP contribution in [0.2, 0.25) is 0 Å². The van der Waals surface area contributed by atoms with Gasteiger partial charge in [-0.2, -0.15) is 0 Å². The Morgan fingerprint density at radius 1 is 1.29 bits per heavy atom. The zero-order valence-electron chi connectivity index (χ0n) is 12.5. The Bertz CT molecular complexity index is 592. The summed E-state index contributed by atoms with van der Waals surface area (Å²) in [4.78, 5) is 14.2. The van der Waals surface area contributed by atoms with E-state index in [-0.39, 0.29) is 5.91 Å². The molecule has 1 aromatic rings. The van der Waals surface area contributed by atoms with Gasteiger partial charge in [0, 0.05) is 25.4 Å². The molecule has 0 unspecified atom stereocenters. The number of carbonyl (C=O) groups is 1. The first-order valence-electron chi connectivity index (χ1n) is 7.21. The molecule has 0 atom stereocenters. The number of hydrogen-bond donors (Lipinski definition) is 1. The molecule has 1 amide bonds. The Balaban J connectivity index is 1.82. The summed E-state index contributed by atoms with van der Waals surface area (Å²) in [6.45, 7) is 3.63. The van der Waals surface area contributed by atoms with E-state index >= 15 is 0 Å². The van der Waals surface area contributed by atoms with E-state index < -0.39 is 9.84 Å². The quantitative estimate of drug-likeness (QED) is 0.821. The lowest BCUT2D eigenvalue weighted by molar-refractivity contribution is -0.130. The third kappa shape index (κ3) is 4.54. The van der Waals surface area contributed by atoms with E-state index in [1.807, 2.05) is 11.8 Å². The molecule has 5 nitrogen and oxygen atoms in total. The fourth-order valence-electron chi connectivity index (χ4n) is 2.29. The van der Waals surface area contributed by atoms with Gasteiger partial charge in [0.15, 0.2) is 9.84 Å². The predicted molar refractivity (Wildman–Crippen MR) is 81.7 cm³/mol. The first kappa shape index (κ1) is 16.0. The second-order valence-corrected chi connectivity index (χ2v) is 7.45. The molecule has 0 radical (unpaired) electrons. The van der Waals surface area contributed by atoms with Crippen LogP contribution in [0.1, 0.15) is 25.3 Å². The summed E-state index contributed by atoms with van der Waals surface area (Å²) in [5.41, 5.74) is 0.963. The van der Waals surface area contributed by atoms with Gasteiger partial charge in [-0.3, -0.25) is 4.79 Å². The average Bonchev–Trinajstić information content (AvgIpc) is 3.24. The van der Waals surface area contributed by atoms with Crippen molar-refractivity contribution in [3.63, 3.8) is 0 Å². The monoisotopic (exact) mass is 310 g/mol. The highest BCUT2D eigenvalue weighted by Crippen LogP contribution is 2.26. The molecule has 0 saturated heterocycles. The molecule has 1 saturated carbocycles. The van der Waals surface area contributed by atoms with Gasteiger partial charge in [-0.15, -0.1) is 0 Å². The number of carbonyl (C=O) groups excluding carboxylic acids is 1. The molecule has 0 spiro atoms. The molecule has 1 N–H and O–H groups in total. The van der Waals surface area contributed by atoms with E-state index in [1.165, 1.54) is 6.26 Å². The average molecular weight is 310 g/mol. The maximum atomic E-state index is 12.0. The van der Waals surface area contributed by atoms with Crippen LogP contribution in [0.15, 0.2) is 29.2 Å². The number of sulfone groups is 1. The SMILES string of the molecule is CCN(C(=O)CNCc1ccc(S(C)(=O)=O)cc1)C1CC1. The minimum absolute atomic E-state index is 0.132. The Kier molecular flexibility index (Phi) is 5.00. The number of hydrogen-bond acceptors (Lipinski definition) is 4. The Hall–Kier alpha value is -1.40. The smallest absolute Gasteiger partial charge is 0.236 e. The molecule has 1 aromatic carbocycles. The van der Waals surface area contributed by atoms with Crippen LogP contribution in [0.3, 0.4) is 0 Å². The maximum absolute atomic E-state index is 12.0. The summed E-state index contributed by atoms with van der Waals surface area (Å²) in [5.74, 6) is 0.132. The highest BCUT2D eigenvalue weighted by Gasteiger charge is 2.30. The van der Waals surface area contributed by atoms with E-state index in [0.29, 0.717) is 24.0 Å². The molecule has 0 heterocycles. The number of rotatable bonds is 7. The summed E-state index contributed by atoms with van der Waals surface area (Å²) in [5, 5.41) is 3.12. The summed E-state index contributed by atoms with van der Waals surface area (Å²) in [7, 11) is -3.15. The molecule has 21 heavy (non-hydrogen) atoms. The zero-order valence-corrected chi connectivity index (χ0v) is 13.3. The van der Waals surface area contributed by atoms with Crippen LogP contribution < -0.4 is 5.32 Å². The molecular formula is C15H22N2O3S. The van der Waals surface area contributed by atoms with Gasteiger partial charge in [-0.1, -0.05) is 12.1 Å². The van der Waals surface area contributed by atoms with Gasteiger partial charge >= 0.3 is 0 Å². The van der Waals surface area contributed by atoms with Gasteiger partial charge in [0.05, 0.1) is 11.4 Å².